The molecule has 19 heavy (non-hydrogen) atoms. The van der Waals surface area contributed by atoms with E-state index in [1.165, 1.54) is 16.1 Å². The first kappa shape index (κ1) is 13.7. The molecule has 1 aromatic carbocycles. The largest absolute Gasteiger partial charge is 0.384 e. The van der Waals surface area contributed by atoms with Gasteiger partial charge in [0, 0.05) is 28.6 Å². The van der Waals surface area contributed by atoms with Gasteiger partial charge in [-0.2, -0.15) is 0 Å². The van der Waals surface area contributed by atoms with Crippen LogP contribution in [-0.2, 0) is 6.54 Å². The van der Waals surface area contributed by atoms with E-state index in [9.17, 15) is 0 Å². The van der Waals surface area contributed by atoms with Gasteiger partial charge in [-0.25, -0.2) is 0 Å². The molecule has 0 saturated heterocycles. The molecule has 0 radical (unpaired) electrons. The first-order valence-corrected chi connectivity index (χ1v) is 7.02. The zero-order chi connectivity index (χ0) is 13.7. The molecule has 0 spiro atoms. The van der Waals surface area contributed by atoms with E-state index in [4.69, 9.17) is 5.11 Å². The summed E-state index contributed by atoms with van der Waals surface area (Å²) in [5, 5.41) is 10.7. The number of nitrogens with zero attached hydrogens (tertiary/aromatic N) is 1. The highest BCUT2D eigenvalue weighted by Crippen LogP contribution is 2.22. The van der Waals surface area contributed by atoms with Crippen LogP contribution in [0.4, 0.5) is 5.69 Å². The van der Waals surface area contributed by atoms with Crippen molar-refractivity contribution in [1.82, 2.24) is 0 Å². The monoisotopic (exact) mass is 271 g/mol. The maximum Gasteiger partial charge on any atom is 0.104 e. The van der Waals surface area contributed by atoms with Crippen LogP contribution in [0.2, 0.25) is 0 Å². The molecule has 1 heterocycles. The molecule has 0 atom stereocenters. The number of thiophene rings is 1. The lowest BCUT2D eigenvalue weighted by Gasteiger charge is -2.20. The average molecular weight is 271 g/mol. The Labute approximate surface area is 118 Å². The summed E-state index contributed by atoms with van der Waals surface area (Å²) >= 11 is 1.70. The first-order valence-electron chi connectivity index (χ1n) is 6.14. The Bertz CT molecular complexity index is 606. The van der Waals surface area contributed by atoms with Gasteiger partial charge in [0.2, 0.25) is 0 Å². The second-order valence-electron chi connectivity index (χ2n) is 4.40. The van der Waals surface area contributed by atoms with Gasteiger partial charge in [0.1, 0.15) is 6.61 Å². The van der Waals surface area contributed by atoms with E-state index < -0.39 is 0 Å². The van der Waals surface area contributed by atoms with Gasteiger partial charge in [-0.3, -0.25) is 0 Å². The van der Waals surface area contributed by atoms with Crippen molar-refractivity contribution in [2.45, 2.75) is 13.5 Å². The van der Waals surface area contributed by atoms with Crippen LogP contribution >= 0.6 is 11.3 Å². The summed E-state index contributed by atoms with van der Waals surface area (Å²) in [6.45, 7) is 2.91. The van der Waals surface area contributed by atoms with Gasteiger partial charge in [-0.1, -0.05) is 30.0 Å². The Morgan fingerprint density at radius 3 is 2.84 bits per heavy atom. The van der Waals surface area contributed by atoms with Crippen molar-refractivity contribution >= 4 is 17.0 Å². The van der Waals surface area contributed by atoms with Crippen molar-refractivity contribution in [3.8, 4) is 11.8 Å². The van der Waals surface area contributed by atoms with E-state index in [0.29, 0.717) is 0 Å². The molecule has 1 N–H and O–H groups in total. The lowest BCUT2D eigenvalue weighted by atomic mass is 10.2. The fourth-order valence-electron chi connectivity index (χ4n) is 1.98. The summed E-state index contributed by atoms with van der Waals surface area (Å²) < 4.78 is 0. The molecule has 98 valence electrons. The molecule has 0 aliphatic heterocycles. The fourth-order valence-corrected chi connectivity index (χ4v) is 2.85. The minimum atomic E-state index is -0.0890. The van der Waals surface area contributed by atoms with E-state index in [2.05, 4.69) is 61.0 Å². The minimum absolute atomic E-state index is 0.0890. The van der Waals surface area contributed by atoms with Gasteiger partial charge in [-0.05, 0) is 24.6 Å². The molecule has 0 amide bonds. The number of aliphatic hydroxyl groups is 1. The SMILES string of the molecule is Cc1ccccc1N(C)Cc1cc(C#CCO)cs1. The summed E-state index contributed by atoms with van der Waals surface area (Å²) in [5.74, 6) is 5.60. The van der Waals surface area contributed by atoms with Gasteiger partial charge in [0.25, 0.3) is 0 Å². The lowest BCUT2D eigenvalue weighted by Crippen LogP contribution is -2.16. The Balaban J connectivity index is 2.09. The van der Waals surface area contributed by atoms with Crippen LogP contribution < -0.4 is 4.90 Å². The molecule has 2 aromatic rings. The molecule has 2 nitrogen and oxygen atoms in total. The predicted octanol–water partition coefficient (Wildman–Crippen LogP) is 3.04. The molecular formula is C16H17NOS. The number of rotatable bonds is 3. The van der Waals surface area contributed by atoms with Crippen LogP contribution in [0.5, 0.6) is 0 Å². The van der Waals surface area contributed by atoms with Crippen molar-refractivity contribution < 1.29 is 5.11 Å². The van der Waals surface area contributed by atoms with Gasteiger partial charge in [-0.15, -0.1) is 11.3 Å². The molecule has 0 aliphatic carbocycles. The molecular weight excluding hydrogens is 254 g/mol. The highest BCUT2D eigenvalue weighted by molar-refractivity contribution is 7.10. The van der Waals surface area contributed by atoms with Crippen LogP contribution in [0, 0.1) is 18.8 Å². The number of anilines is 1. The maximum absolute atomic E-state index is 8.68. The molecule has 0 aliphatic rings. The molecule has 1 aromatic heterocycles. The van der Waals surface area contributed by atoms with Gasteiger partial charge in [0.05, 0.1) is 6.54 Å². The summed E-state index contributed by atoms with van der Waals surface area (Å²) in [6, 6.07) is 10.5. The highest BCUT2D eigenvalue weighted by atomic mass is 32.1. The lowest BCUT2D eigenvalue weighted by molar-refractivity contribution is 0.350. The third-order valence-corrected chi connectivity index (χ3v) is 3.81. The predicted molar refractivity (Wildman–Crippen MR) is 81.6 cm³/mol. The summed E-state index contributed by atoms with van der Waals surface area (Å²) in [6.07, 6.45) is 0. The smallest absolute Gasteiger partial charge is 0.104 e. The number of hydrogen-bond acceptors (Lipinski definition) is 3. The average Bonchev–Trinajstić information content (AvgIpc) is 2.84. The van der Waals surface area contributed by atoms with E-state index in [-0.39, 0.29) is 6.61 Å². The first-order chi connectivity index (χ1) is 9.20. The van der Waals surface area contributed by atoms with Crippen LogP contribution in [-0.4, -0.2) is 18.8 Å². The maximum atomic E-state index is 8.68. The Morgan fingerprint density at radius 1 is 1.32 bits per heavy atom. The van der Waals surface area contributed by atoms with Crippen LogP contribution in [0.3, 0.4) is 0 Å². The van der Waals surface area contributed by atoms with Crippen LogP contribution in [0.25, 0.3) is 0 Å². The zero-order valence-corrected chi connectivity index (χ0v) is 12.0. The zero-order valence-electron chi connectivity index (χ0n) is 11.2. The van der Waals surface area contributed by atoms with Crippen molar-refractivity contribution in [3.63, 3.8) is 0 Å². The van der Waals surface area contributed by atoms with Gasteiger partial charge in [0.15, 0.2) is 0 Å². The summed E-state index contributed by atoms with van der Waals surface area (Å²) in [5.41, 5.74) is 3.51. The van der Waals surface area contributed by atoms with E-state index in [1.54, 1.807) is 11.3 Å². The normalized spacial score (nSPS) is 9.84. The second kappa shape index (κ2) is 6.42. The summed E-state index contributed by atoms with van der Waals surface area (Å²) in [7, 11) is 2.10. The molecule has 0 unspecified atom stereocenters. The second-order valence-corrected chi connectivity index (χ2v) is 5.40. The van der Waals surface area contributed by atoms with Crippen molar-refractivity contribution in [2.75, 3.05) is 18.6 Å². The quantitative estimate of drug-likeness (QED) is 0.867. The molecule has 2 rings (SSSR count). The Morgan fingerprint density at radius 2 is 2.11 bits per heavy atom. The number of para-hydroxylation sites is 1. The highest BCUT2D eigenvalue weighted by Gasteiger charge is 2.06. The van der Waals surface area contributed by atoms with Gasteiger partial charge >= 0.3 is 0 Å². The van der Waals surface area contributed by atoms with Crippen molar-refractivity contribution in [3.05, 3.63) is 51.7 Å². The van der Waals surface area contributed by atoms with Crippen molar-refractivity contribution in [1.29, 1.82) is 0 Å². The van der Waals surface area contributed by atoms with E-state index in [0.717, 1.165) is 12.1 Å². The number of hydrogen-bond donors (Lipinski definition) is 1. The third kappa shape index (κ3) is 3.60. The fraction of sp³-hybridized carbons (Fsp3) is 0.250. The standard InChI is InChI=1S/C16H17NOS/c1-13-6-3-4-8-16(13)17(2)11-15-10-14(12-19-15)7-5-9-18/h3-4,6,8,10,12,18H,9,11H2,1-2H3. The van der Waals surface area contributed by atoms with Crippen LogP contribution in [0.15, 0.2) is 35.7 Å². The summed E-state index contributed by atoms with van der Waals surface area (Å²) in [4.78, 5) is 3.51. The number of aliphatic hydroxyl groups excluding tert-OH is 1. The molecule has 0 fully saturated rings. The topological polar surface area (TPSA) is 23.5 Å². The molecule has 0 bridgehead atoms. The minimum Gasteiger partial charge on any atom is -0.384 e. The Hall–Kier alpha value is -1.76. The third-order valence-electron chi connectivity index (χ3n) is 2.89. The van der Waals surface area contributed by atoms with E-state index in [1.807, 2.05) is 5.38 Å². The molecule has 0 saturated carbocycles. The Kier molecular flexibility index (Phi) is 4.62. The van der Waals surface area contributed by atoms with Gasteiger partial charge < -0.3 is 10.0 Å². The van der Waals surface area contributed by atoms with Crippen molar-refractivity contribution in [2.24, 2.45) is 0 Å². The number of benzene rings is 1. The molecule has 3 heteroatoms. The number of aryl methyl sites for hydroxylation is 1. The van der Waals surface area contributed by atoms with E-state index >= 15 is 0 Å². The van der Waals surface area contributed by atoms with Crippen LogP contribution in [0.1, 0.15) is 16.0 Å².